The quantitative estimate of drug-likeness (QED) is 0.645. The van der Waals surface area contributed by atoms with Crippen molar-refractivity contribution in [2.45, 2.75) is 39.3 Å². The predicted octanol–water partition coefficient (Wildman–Crippen LogP) is 3.39. The summed E-state index contributed by atoms with van der Waals surface area (Å²) in [4.78, 5) is 0. The fourth-order valence-electron chi connectivity index (χ4n) is 3.04. The van der Waals surface area contributed by atoms with E-state index in [-0.39, 0.29) is 11.3 Å². The van der Waals surface area contributed by atoms with Crippen molar-refractivity contribution in [3.63, 3.8) is 0 Å². The van der Waals surface area contributed by atoms with Gasteiger partial charge in [0.15, 0.2) is 6.29 Å². The molecule has 0 bridgehead atoms. The summed E-state index contributed by atoms with van der Waals surface area (Å²) in [5.74, 6) is 1.34. The topological polar surface area (TPSA) is 86.6 Å². The Morgan fingerprint density at radius 2 is 1.63 bits per heavy atom. The van der Waals surface area contributed by atoms with Gasteiger partial charge in [0.05, 0.1) is 32.8 Å². The van der Waals surface area contributed by atoms with Crippen LogP contribution in [-0.4, -0.2) is 50.5 Å². The first-order chi connectivity index (χ1) is 12.9. The molecule has 0 fully saturated rings. The molecule has 2 aromatic carbocycles. The molecule has 0 aliphatic carbocycles. The summed E-state index contributed by atoms with van der Waals surface area (Å²) >= 11 is 0. The van der Waals surface area contributed by atoms with Crippen LogP contribution in [0.3, 0.4) is 0 Å². The Kier molecular flexibility index (Phi) is 7.12. The van der Waals surface area contributed by atoms with E-state index < -0.39 is 18.5 Å². The van der Waals surface area contributed by atoms with E-state index in [2.05, 4.69) is 0 Å². The lowest BCUT2D eigenvalue weighted by Gasteiger charge is -2.25. The predicted molar refractivity (Wildman–Crippen MR) is 102 cm³/mol. The number of phenols is 1. The van der Waals surface area contributed by atoms with Crippen LogP contribution < -0.4 is 14.2 Å². The average molecular weight is 380 g/mol. The summed E-state index contributed by atoms with van der Waals surface area (Å²) in [6.45, 7) is 5.82. The smallest absolute Gasteiger partial charge is 0.155 e. The van der Waals surface area contributed by atoms with Crippen LogP contribution in [0.15, 0.2) is 18.2 Å². The van der Waals surface area contributed by atoms with Crippen LogP contribution in [-0.2, 0) is 9.47 Å². The molecule has 0 saturated heterocycles. The molecule has 7 nitrogen and oxygen atoms in total. The Morgan fingerprint density at radius 3 is 2.19 bits per heavy atom. The maximum Gasteiger partial charge on any atom is 0.155 e. The van der Waals surface area contributed by atoms with Crippen LogP contribution in [0.25, 0.3) is 10.8 Å². The van der Waals surface area contributed by atoms with Crippen LogP contribution in [0.4, 0.5) is 0 Å². The van der Waals surface area contributed by atoms with Gasteiger partial charge in [-0.2, -0.15) is 0 Å². The molecule has 7 heteroatoms. The van der Waals surface area contributed by atoms with Gasteiger partial charge >= 0.3 is 0 Å². The van der Waals surface area contributed by atoms with Crippen LogP contribution in [0.5, 0.6) is 23.0 Å². The normalized spacial score (nSPS) is 14.6. The first-order valence-corrected chi connectivity index (χ1v) is 8.78. The third kappa shape index (κ3) is 4.37. The first-order valence-electron chi connectivity index (χ1n) is 8.78. The van der Waals surface area contributed by atoms with Crippen molar-refractivity contribution >= 4 is 10.8 Å². The molecule has 0 saturated carbocycles. The number of hydrogen-bond acceptors (Lipinski definition) is 7. The number of phenolic OH excluding ortho intramolecular Hbond substituents is 1. The minimum Gasteiger partial charge on any atom is -0.507 e. The van der Waals surface area contributed by atoms with E-state index in [1.54, 1.807) is 39.2 Å². The van der Waals surface area contributed by atoms with Crippen LogP contribution in [0, 0.1) is 0 Å². The summed E-state index contributed by atoms with van der Waals surface area (Å²) < 4.78 is 27.2. The van der Waals surface area contributed by atoms with Crippen molar-refractivity contribution in [3.05, 3.63) is 23.8 Å². The fraction of sp³-hybridized carbons (Fsp3) is 0.500. The Labute approximate surface area is 159 Å². The number of rotatable bonds is 9. The van der Waals surface area contributed by atoms with Crippen molar-refractivity contribution in [3.8, 4) is 23.0 Å². The molecule has 0 aliphatic rings. The van der Waals surface area contributed by atoms with Crippen LogP contribution >= 0.6 is 0 Å². The van der Waals surface area contributed by atoms with E-state index in [0.29, 0.717) is 34.6 Å². The molecule has 0 amide bonds. The molecule has 27 heavy (non-hydrogen) atoms. The standard InChI is InChI=1S/C20H28O7/c1-7-26-12(3)27-11(2)19(21)15-10-16(24-5)14-8-13(23-4)9-17(25-6)18(14)20(15)22/h8-12,19,21-22H,7H2,1-6H3/t11-,12-,19-/m0/s1. The molecule has 0 heterocycles. The Hall–Kier alpha value is -2.22. The minimum absolute atomic E-state index is 0.0997. The summed E-state index contributed by atoms with van der Waals surface area (Å²) in [5, 5.41) is 22.7. The minimum atomic E-state index is -1.10. The van der Waals surface area contributed by atoms with E-state index in [1.165, 1.54) is 14.2 Å². The number of aromatic hydroxyl groups is 1. The van der Waals surface area contributed by atoms with E-state index in [0.717, 1.165) is 0 Å². The molecule has 0 aliphatic heterocycles. The highest BCUT2D eigenvalue weighted by molar-refractivity contribution is 6.00. The highest BCUT2D eigenvalue weighted by atomic mass is 16.7. The van der Waals surface area contributed by atoms with Crippen LogP contribution in [0.1, 0.15) is 32.4 Å². The van der Waals surface area contributed by atoms with E-state index in [4.69, 9.17) is 23.7 Å². The average Bonchev–Trinajstić information content (AvgIpc) is 2.66. The first kappa shape index (κ1) is 21.1. The second kappa shape index (κ2) is 9.12. The fourth-order valence-corrected chi connectivity index (χ4v) is 3.04. The van der Waals surface area contributed by atoms with Crippen LogP contribution in [0.2, 0.25) is 0 Å². The van der Waals surface area contributed by atoms with Crippen molar-refractivity contribution in [2.75, 3.05) is 27.9 Å². The Morgan fingerprint density at radius 1 is 0.963 bits per heavy atom. The van der Waals surface area contributed by atoms with Gasteiger partial charge in [0, 0.05) is 23.6 Å². The number of methoxy groups -OCH3 is 3. The number of fused-ring (bicyclic) bond motifs is 1. The molecule has 3 atom stereocenters. The molecular weight excluding hydrogens is 352 g/mol. The van der Waals surface area contributed by atoms with Gasteiger partial charge in [-0.25, -0.2) is 0 Å². The molecule has 0 radical (unpaired) electrons. The molecule has 150 valence electrons. The SMILES string of the molecule is CCO[C@H](C)O[C@@H](C)[C@H](O)c1cc(OC)c2cc(OC)cc(OC)c2c1O. The lowest BCUT2D eigenvalue weighted by Crippen LogP contribution is -2.25. The zero-order valence-corrected chi connectivity index (χ0v) is 16.6. The maximum absolute atomic E-state index is 10.9. The van der Waals surface area contributed by atoms with Gasteiger partial charge < -0.3 is 33.9 Å². The third-order valence-electron chi connectivity index (χ3n) is 4.38. The maximum atomic E-state index is 10.9. The van der Waals surface area contributed by atoms with E-state index in [9.17, 15) is 10.2 Å². The third-order valence-corrected chi connectivity index (χ3v) is 4.38. The monoisotopic (exact) mass is 380 g/mol. The van der Waals surface area contributed by atoms with E-state index in [1.807, 2.05) is 6.92 Å². The van der Waals surface area contributed by atoms with Gasteiger partial charge in [-0.05, 0) is 32.9 Å². The van der Waals surface area contributed by atoms with Gasteiger partial charge in [-0.1, -0.05) is 0 Å². The van der Waals surface area contributed by atoms with Gasteiger partial charge in [-0.3, -0.25) is 0 Å². The van der Waals surface area contributed by atoms with E-state index >= 15 is 0 Å². The summed E-state index contributed by atoms with van der Waals surface area (Å²) in [6, 6.07) is 4.99. The highest BCUT2D eigenvalue weighted by Crippen LogP contribution is 2.45. The molecule has 2 N–H and O–H groups in total. The highest BCUT2D eigenvalue weighted by Gasteiger charge is 2.26. The van der Waals surface area contributed by atoms with Gasteiger partial charge in [-0.15, -0.1) is 0 Å². The second-order valence-corrected chi connectivity index (χ2v) is 6.08. The van der Waals surface area contributed by atoms with Gasteiger partial charge in [0.2, 0.25) is 0 Å². The number of benzene rings is 2. The molecular formula is C20H28O7. The van der Waals surface area contributed by atoms with Crippen molar-refractivity contribution in [2.24, 2.45) is 0 Å². The molecule has 2 aromatic rings. The van der Waals surface area contributed by atoms with Gasteiger partial charge in [0.1, 0.15) is 29.1 Å². The second-order valence-electron chi connectivity index (χ2n) is 6.08. The summed E-state index contributed by atoms with van der Waals surface area (Å²) in [7, 11) is 4.56. The largest absolute Gasteiger partial charge is 0.507 e. The number of hydrogen-bond donors (Lipinski definition) is 2. The Bertz CT molecular complexity index is 775. The van der Waals surface area contributed by atoms with Crippen molar-refractivity contribution in [1.29, 1.82) is 0 Å². The molecule has 0 unspecified atom stereocenters. The number of aliphatic hydroxyl groups is 1. The summed E-state index contributed by atoms with van der Waals surface area (Å²) in [6.07, 6.45) is -2.20. The lowest BCUT2D eigenvalue weighted by atomic mass is 9.97. The zero-order valence-electron chi connectivity index (χ0n) is 16.6. The number of ether oxygens (including phenoxy) is 5. The molecule has 2 rings (SSSR count). The summed E-state index contributed by atoms with van der Waals surface area (Å²) in [5.41, 5.74) is 0.277. The van der Waals surface area contributed by atoms with Crippen molar-refractivity contribution in [1.82, 2.24) is 0 Å². The number of aliphatic hydroxyl groups excluding tert-OH is 1. The Balaban J connectivity index is 2.56. The van der Waals surface area contributed by atoms with Gasteiger partial charge in [0.25, 0.3) is 0 Å². The molecule has 0 spiro atoms. The zero-order chi connectivity index (χ0) is 20.1. The van der Waals surface area contributed by atoms with Crippen molar-refractivity contribution < 1.29 is 33.9 Å². The lowest BCUT2D eigenvalue weighted by molar-refractivity contribution is -0.176. The molecule has 0 aromatic heterocycles.